The Morgan fingerprint density at radius 1 is 1.22 bits per heavy atom. The molecule has 1 fully saturated rings. The molecular formula is C15H23Cl2F3N2O. The van der Waals surface area contributed by atoms with Gasteiger partial charge in [0.15, 0.2) is 0 Å². The Kier molecular flexibility index (Phi) is 9.28. The van der Waals surface area contributed by atoms with Crippen LogP contribution in [0.25, 0.3) is 0 Å². The van der Waals surface area contributed by atoms with E-state index >= 15 is 0 Å². The van der Waals surface area contributed by atoms with Crippen LogP contribution in [-0.2, 0) is 6.18 Å². The first-order chi connectivity index (χ1) is 9.97. The molecule has 0 aromatic heterocycles. The summed E-state index contributed by atoms with van der Waals surface area (Å²) in [6.45, 7) is 5.09. The Bertz CT molecular complexity index is 480. The van der Waals surface area contributed by atoms with Crippen LogP contribution < -0.4 is 10.1 Å². The van der Waals surface area contributed by atoms with E-state index in [4.69, 9.17) is 4.74 Å². The third-order valence-corrected chi connectivity index (χ3v) is 3.90. The van der Waals surface area contributed by atoms with Crippen molar-refractivity contribution >= 4 is 24.8 Å². The van der Waals surface area contributed by atoms with Crippen LogP contribution in [0.3, 0.4) is 0 Å². The van der Waals surface area contributed by atoms with Gasteiger partial charge in [0.25, 0.3) is 0 Å². The molecule has 23 heavy (non-hydrogen) atoms. The fourth-order valence-corrected chi connectivity index (χ4v) is 2.87. The highest BCUT2D eigenvalue weighted by molar-refractivity contribution is 5.85. The highest BCUT2D eigenvalue weighted by atomic mass is 35.5. The Hall–Kier alpha value is -0.690. The first kappa shape index (κ1) is 22.3. The molecule has 0 bridgehead atoms. The summed E-state index contributed by atoms with van der Waals surface area (Å²) in [5, 5.41) is 3.22. The molecule has 0 unspecified atom stereocenters. The van der Waals surface area contributed by atoms with Gasteiger partial charge in [-0.1, -0.05) is 13.0 Å². The van der Waals surface area contributed by atoms with Crippen molar-refractivity contribution < 1.29 is 17.9 Å². The predicted octanol–water partition coefficient (Wildman–Crippen LogP) is 3.91. The van der Waals surface area contributed by atoms with E-state index in [2.05, 4.69) is 10.2 Å². The number of piperazine rings is 1. The summed E-state index contributed by atoms with van der Waals surface area (Å²) in [5.41, 5.74) is -0.250. The van der Waals surface area contributed by atoms with Crippen LogP contribution in [0.5, 0.6) is 5.75 Å². The zero-order valence-electron chi connectivity index (χ0n) is 13.2. The largest absolute Gasteiger partial charge is 0.497 e. The average molecular weight is 375 g/mol. The van der Waals surface area contributed by atoms with Crippen molar-refractivity contribution in [2.45, 2.75) is 25.6 Å². The molecule has 1 aromatic carbocycles. The van der Waals surface area contributed by atoms with Gasteiger partial charge in [-0.2, -0.15) is 13.2 Å². The highest BCUT2D eigenvalue weighted by Crippen LogP contribution is 2.39. The quantitative estimate of drug-likeness (QED) is 0.864. The fraction of sp³-hybridized carbons (Fsp3) is 0.600. The molecule has 1 atom stereocenters. The number of alkyl halides is 3. The topological polar surface area (TPSA) is 24.5 Å². The summed E-state index contributed by atoms with van der Waals surface area (Å²) in [7, 11) is 1.38. The van der Waals surface area contributed by atoms with Crippen molar-refractivity contribution in [1.82, 2.24) is 10.2 Å². The number of rotatable bonds is 4. The van der Waals surface area contributed by atoms with Gasteiger partial charge in [-0.05, 0) is 24.1 Å². The fourth-order valence-electron chi connectivity index (χ4n) is 2.87. The normalized spacial score (nSPS) is 16.9. The molecule has 1 N–H and O–H groups in total. The number of hydrogen-bond donors (Lipinski definition) is 1. The van der Waals surface area contributed by atoms with Crippen LogP contribution in [0, 0.1) is 0 Å². The molecule has 3 nitrogen and oxygen atoms in total. The summed E-state index contributed by atoms with van der Waals surface area (Å²) < 4.78 is 45.0. The van der Waals surface area contributed by atoms with Gasteiger partial charge in [-0.15, -0.1) is 24.8 Å². The van der Waals surface area contributed by atoms with E-state index in [-0.39, 0.29) is 36.6 Å². The van der Waals surface area contributed by atoms with Gasteiger partial charge in [-0.3, -0.25) is 4.90 Å². The number of nitrogens with zero attached hydrogens (tertiary/aromatic N) is 1. The van der Waals surface area contributed by atoms with Crippen molar-refractivity contribution in [3.05, 3.63) is 29.3 Å². The number of ether oxygens (including phenoxy) is 1. The second-order valence-electron chi connectivity index (χ2n) is 5.16. The average Bonchev–Trinajstić information content (AvgIpc) is 2.48. The molecule has 1 aliphatic heterocycles. The third kappa shape index (κ3) is 5.41. The van der Waals surface area contributed by atoms with Crippen molar-refractivity contribution in [2.75, 3.05) is 33.3 Å². The number of nitrogens with one attached hydrogen (secondary N) is 1. The van der Waals surface area contributed by atoms with Crippen LogP contribution in [0.2, 0.25) is 0 Å². The van der Waals surface area contributed by atoms with Crippen molar-refractivity contribution in [3.63, 3.8) is 0 Å². The summed E-state index contributed by atoms with van der Waals surface area (Å²) >= 11 is 0. The van der Waals surface area contributed by atoms with Gasteiger partial charge in [0.05, 0.1) is 12.7 Å². The molecule has 2 rings (SSSR count). The second-order valence-corrected chi connectivity index (χ2v) is 5.16. The number of benzene rings is 1. The van der Waals surface area contributed by atoms with Crippen molar-refractivity contribution in [2.24, 2.45) is 0 Å². The van der Waals surface area contributed by atoms with Crippen LogP contribution in [0.4, 0.5) is 13.2 Å². The maximum absolute atomic E-state index is 13.3. The summed E-state index contributed by atoms with van der Waals surface area (Å²) in [5.74, 6) is 0.237. The van der Waals surface area contributed by atoms with Gasteiger partial charge in [0.2, 0.25) is 0 Å². The van der Waals surface area contributed by atoms with Crippen LogP contribution in [0.15, 0.2) is 18.2 Å². The lowest BCUT2D eigenvalue weighted by Crippen LogP contribution is -2.45. The van der Waals surface area contributed by atoms with Crippen molar-refractivity contribution in [3.8, 4) is 5.75 Å². The van der Waals surface area contributed by atoms with Crippen LogP contribution in [0.1, 0.15) is 30.5 Å². The molecule has 134 valence electrons. The highest BCUT2D eigenvalue weighted by Gasteiger charge is 2.36. The lowest BCUT2D eigenvalue weighted by Gasteiger charge is -2.35. The number of halogens is 5. The number of hydrogen-bond acceptors (Lipinski definition) is 3. The number of methoxy groups -OCH3 is 1. The van der Waals surface area contributed by atoms with Crippen LogP contribution in [-0.4, -0.2) is 38.2 Å². The second kappa shape index (κ2) is 9.57. The zero-order valence-corrected chi connectivity index (χ0v) is 14.8. The van der Waals surface area contributed by atoms with Crippen LogP contribution >= 0.6 is 24.8 Å². The smallest absolute Gasteiger partial charge is 0.416 e. The molecule has 1 aliphatic rings. The Morgan fingerprint density at radius 2 is 1.83 bits per heavy atom. The zero-order chi connectivity index (χ0) is 15.5. The van der Waals surface area contributed by atoms with E-state index in [9.17, 15) is 13.2 Å². The molecule has 1 aromatic rings. The molecule has 0 amide bonds. The van der Waals surface area contributed by atoms with Gasteiger partial charge in [0, 0.05) is 32.2 Å². The van der Waals surface area contributed by atoms with Gasteiger partial charge < -0.3 is 10.1 Å². The first-order valence-electron chi connectivity index (χ1n) is 7.17. The molecule has 0 saturated carbocycles. The molecule has 8 heteroatoms. The maximum atomic E-state index is 13.3. The SMILES string of the molecule is CC[C@@H](c1ccc(OC)cc1C(F)(F)F)N1CCNCC1.Cl.Cl. The minimum Gasteiger partial charge on any atom is -0.497 e. The molecule has 0 spiro atoms. The van der Waals surface area contributed by atoms with E-state index in [1.54, 1.807) is 12.1 Å². The molecular weight excluding hydrogens is 352 g/mol. The van der Waals surface area contributed by atoms with E-state index in [1.807, 2.05) is 6.92 Å². The minimum atomic E-state index is -4.37. The summed E-state index contributed by atoms with van der Waals surface area (Å²) in [6, 6.07) is 4.04. The molecule has 0 radical (unpaired) electrons. The van der Waals surface area contributed by atoms with E-state index in [0.717, 1.165) is 32.2 Å². The van der Waals surface area contributed by atoms with Gasteiger partial charge in [-0.25, -0.2) is 0 Å². The predicted molar refractivity (Wildman–Crippen MR) is 90.0 cm³/mol. The van der Waals surface area contributed by atoms with E-state index < -0.39 is 11.7 Å². The van der Waals surface area contributed by atoms with E-state index in [0.29, 0.717) is 12.0 Å². The lowest BCUT2D eigenvalue weighted by atomic mass is 9.96. The standard InChI is InChI=1S/C15H21F3N2O.2ClH/c1-3-14(20-8-6-19-7-9-20)12-5-4-11(21-2)10-13(12)15(16,17)18;;/h4-5,10,14,19H,3,6-9H2,1-2H3;2*1H/t14-;;/m0../s1. The van der Waals surface area contributed by atoms with Crippen molar-refractivity contribution in [1.29, 1.82) is 0 Å². The summed E-state index contributed by atoms with van der Waals surface area (Å²) in [6.07, 6.45) is -3.72. The van der Waals surface area contributed by atoms with E-state index in [1.165, 1.54) is 7.11 Å². The molecule has 0 aliphatic carbocycles. The Morgan fingerprint density at radius 3 is 2.30 bits per heavy atom. The van der Waals surface area contributed by atoms with Gasteiger partial charge in [0.1, 0.15) is 5.75 Å². The third-order valence-electron chi connectivity index (χ3n) is 3.90. The maximum Gasteiger partial charge on any atom is 0.416 e. The first-order valence-corrected chi connectivity index (χ1v) is 7.17. The summed E-state index contributed by atoms with van der Waals surface area (Å²) in [4.78, 5) is 2.12. The monoisotopic (exact) mass is 374 g/mol. The Balaban J connectivity index is 0.00000242. The minimum absolute atomic E-state index is 0. The molecule has 1 saturated heterocycles. The Labute approximate surface area is 147 Å². The van der Waals surface area contributed by atoms with Gasteiger partial charge >= 0.3 is 6.18 Å². The molecule has 1 heterocycles. The lowest BCUT2D eigenvalue weighted by molar-refractivity contribution is -0.139.